The number of rotatable bonds is 5. The molecular weight excluding hydrogens is 266 g/mol. The van der Waals surface area contributed by atoms with Gasteiger partial charge in [-0.05, 0) is 51.2 Å². The highest BCUT2D eigenvalue weighted by atomic mass is 16.3. The number of nitrogens with one attached hydrogen (secondary N) is 2. The minimum absolute atomic E-state index is 0.104. The van der Waals surface area contributed by atoms with Crippen LogP contribution in [0.5, 0.6) is 0 Å². The average Bonchev–Trinajstić information content (AvgIpc) is 2.43. The van der Waals surface area contributed by atoms with Crippen LogP contribution in [0.25, 0.3) is 0 Å². The largest absolute Gasteiger partial charge is 0.387 e. The van der Waals surface area contributed by atoms with Crippen molar-refractivity contribution in [3.8, 4) is 0 Å². The van der Waals surface area contributed by atoms with Gasteiger partial charge in [-0.1, -0.05) is 12.1 Å². The molecule has 3 N–H and O–H groups in total. The van der Waals surface area contributed by atoms with E-state index in [2.05, 4.69) is 16.7 Å². The second-order valence-corrected chi connectivity index (χ2v) is 6.29. The number of fused-ring (bicyclic) bond motifs is 1. The van der Waals surface area contributed by atoms with Crippen LogP contribution in [0, 0.1) is 0 Å². The smallest absolute Gasteiger partial charge is 0.251 e. The van der Waals surface area contributed by atoms with Gasteiger partial charge in [0, 0.05) is 25.2 Å². The van der Waals surface area contributed by atoms with Crippen molar-refractivity contribution in [3.05, 3.63) is 34.9 Å². The lowest BCUT2D eigenvalue weighted by Crippen LogP contribution is -2.47. The van der Waals surface area contributed by atoms with Crippen molar-refractivity contribution in [2.24, 2.45) is 0 Å². The molecule has 1 amide bonds. The van der Waals surface area contributed by atoms with Crippen LogP contribution in [0.2, 0.25) is 0 Å². The summed E-state index contributed by atoms with van der Waals surface area (Å²) >= 11 is 0. The quantitative estimate of drug-likeness (QED) is 0.734. The SMILES string of the molecule is CN(C)CC(C)(O)CNC(=O)c1cccc2c1CCNC2. The fourth-order valence-corrected chi connectivity index (χ4v) is 2.85. The highest BCUT2D eigenvalue weighted by molar-refractivity contribution is 5.96. The van der Waals surface area contributed by atoms with E-state index in [0.717, 1.165) is 30.6 Å². The van der Waals surface area contributed by atoms with Gasteiger partial charge in [-0.15, -0.1) is 0 Å². The fraction of sp³-hybridized carbons (Fsp3) is 0.562. The maximum Gasteiger partial charge on any atom is 0.251 e. The van der Waals surface area contributed by atoms with Crippen molar-refractivity contribution >= 4 is 5.91 Å². The number of amides is 1. The summed E-state index contributed by atoms with van der Waals surface area (Å²) in [5.41, 5.74) is 2.11. The molecule has 1 atom stereocenters. The minimum atomic E-state index is -0.935. The molecule has 0 saturated heterocycles. The van der Waals surface area contributed by atoms with Crippen molar-refractivity contribution in [1.82, 2.24) is 15.5 Å². The summed E-state index contributed by atoms with van der Waals surface area (Å²) in [4.78, 5) is 14.3. The molecule has 5 heteroatoms. The first-order valence-corrected chi connectivity index (χ1v) is 7.36. The zero-order valence-electron chi connectivity index (χ0n) is 13.1. The van der Waals surface area contributed by atoms with Crippen LogP contribution >= 0.6 is 0 Å². The zero-order chi connectivity index (χ0) is 15.5. The molecule has 1 heterocycles. The van der Waals surface area contributed by atoms with Crippen LogP contribution in [0.1, 0.15) is 28.4 Å². The first kappa shape index (κ1) is 15.9. The number of aliphatic hydroxyl groups is 1. The molecule has 1 aromatic rings. The van der Waals surface area contributed by atoms with Crippen LogP contribution in [0.4, 0.5) is 0 Å². The highest BCUT2D eigenvalue weighted by Gasteiger charge is 2.23. The number of likely N-dealkylation sites (N-methyl/N-ethyl adjacent to an activating group) is 1. The molecule has 1 aliphatic rings. The predicted octanol–water partition coefficient (Wildman–Crippen LogP) is 0.375. The Bertz CT molecular complexity index is 512. The summed E-state index contributed by atoms with van der Waals surface area (Å²) < 4.78 is 0. The molecule has 0 bridgehead atoms. The van der Waals surface area contributed by atoms with Gasteiger partial charge >= 0.3 is 0 Å². The minimum Gasteiger partial charge on any atom is -0.387 e. The van der Waals surface area contributed by atoms with Crippen LogP contribution in [-0.4, -0.2) is 55.2 Å². The summed E-state index contributed by atoms with van der Waals surface area (Å²) in [6.07, 6.45) is 0.868. The Morgan fingerprint density at radius 3 is 2.95 bits per heavy atom. The number of hydrogen-bond donors (Lipinski definition) is 3. The molecule has 0 saturated carbocycles. The van der Waals surface area contributed by atoms with E-state index >= 15 is 0 Å². The number of nitrogens with zero attached hydrogens (tertiary/aromatic N) is 1. The monoisotopic (exact) mass is 291 g/mol. The van der Waals surface area contributed by atoms with Gasteiger partial charge in [-0.2, -0.15) is 0 Å². The van der Waals surface area contributed by atoms with E-state index in [0.29, 0.717) is 6.54 Å². The lowest BCUT2D eigenvalue weighted by molar-refractivity contribution is 0.0325. The van der Waals surface area contributed by atoms with E-state index < -0.39 is 5.60 Å². The average molecular weight is 291 g/mol. The normalized spacial score (nSPS) is 17.2. The van der Waals surface area contributed by atoms with Crippen LogP contribution in [0.15, 0.2) is 18.2 Å². The van der Waals surface area contributed by atoms with Gasteiger partial charge in [-0.3, -0.25) is 4.79 Å². The van der Waals surface area contributed by atoms with Crippen molar-refractivity contribution in [2.75, 3.05) is 33.7 Å². The summed E-state index contributed by atoms with van der Waals surface area (Å²) in [6.45, 7) is 4.19. The molecule has 1 unspecified atom stereocenters. The number of carbonyl (C=O) groups is 1. The lowest BCUT2D eigenvalue weighted by atomic mass is 9.95. The van der Waals surface area contributed by atoms with Crippen molar-refractivity contribution in [1.29, 1.82) is 0 Å². The van der Waals surface area contributed by atoms with E-state index in [9.17, 15) is 9.90 Å². The van der Waals surface area contributed by atoms with Gasteiger partial charge in [0.05, 0.1) is 5.60 Å². The molecule has 0 spiro atoms. The maximum atomic E-state index is 12.4. The first-order chi connectivity index (χ1) is 9.89. The third-order valence-electron chi connectivity index (χ3n) is 3.67. The standard InChI is InChI=1S/C16H25N3O2/c1-16(21,11-19(2)3)10-18-15(20)14-6-4-5-12-9-17-8-7-13(12)14/h4-6,17,21H,7-11H2,1-3H3,(H,18,20). The topological polar surface area (TPSA) is 64.6 Å². The molecular formula is C16H25N3O2. The van der Waals surface area contributed by atoms with Gasteiger partial charge in [-0.25, -0.2) is 0 Å². The second-order valence-electron chi connectivity index (χ2n) is 6.29. The molecule has 0 aromatic heterocycles. The predicted molar refractivity (Wildman–Crippen MR) is 83.4 cm³/mol. The van der Waals surface area contributed by atoms with Crippen molar-refractivity contribution in [3.63, 3.8) is 0 Å². The Morgan fingerprint density at radius 1 is 1.48 bits per heavy atom. The third-order valence-corrected chi connectivity index (χ3v) is 3.67. The van der Waals surface area contributed by atoms with Gasteiger partial charge in [0.15, 0.2) is 0 Å². The summed E-state index contributed by atoms with van der Waals surface area (Å²) in [5, 5.41) is 16.4. The first-order valence-electron chi connectivity index (χ1n) is 7.36. The Labute approximate surface area is 126 Å². The van der Waals surface area contributed by atoms with E-state index in [4.69, 9.17) is 0 Å². The molecule has 116 valence electrons. The van der Waals surface area contributed by atoms with E-state index in [-0.39, 0.29) is 12.5 Å². The van der Waals surface area contributed by atoms with Gasteiger partial charge in [0.2, 0.25) is 0 Å². The Kier molecular flexibility index (Phi) is 4.98. The zero-order valence-corrected chi connectivity index (χ0v) is 13.1. The molecule has 0 fully saturated rings. The Hall–Kier alpha value is -1.43. The lowest BCUT2D eigenvalue weighted by Gasteiger charge is -2.27. The van der Waals surface area contributed by atoms with Crippen molar-refractivity contribution in [2.45, 2.75) is 25.5 Å². The van der Waals surface area contributed by atoms with Gasteiger partial charge < -0.3 is 20.6 Å². The molecule has 0 radical (unpaired) electrons. The number of hydrogen-bond acceptors (Lipinski definition) is 4. The molecule has 1 aliphatic heterocycles. The number of carbonyl (C=O) groups excluding carboxylic acids is 1. The van der Waals surface area contributed by atoms with Crippen LogP contribution in [-0.2, 0) is 13.0 Å². The second kappa shape index (κ2) is 6.56. The molecule has 1 aromatic carbocycles. The van der Waals surface area contributed by atoms with Crippen LogP contribution in [0.3, 0.4) is 0 Å². The molecule has 2 rings (SSSR count). The van der Waals surface area contributed by atoms with E-state index in [1.807, 2.05) is 31.1 Å². The van der Waals surface area contributed by atoms with Crippen LogP contribution < -0.4 is 10.6 Å². The maximum absolute atomic E-state index is 12.4. The third kappa shape index (κ3) is 4.27. The van der Waals surface area contributed by atoms with E-state index in [1.54, 1.807) is 6.92 Å². The Morgan fingerprint density at radius 2 is 2.24 bits per heavy atom. The molecule has 5 nitrogen and oxygen atoms in total. The fourth-order valence-electron chi connectivity index (χ4n) is 2.85. The Balaban J connectivity index is 2.04. The summed E-state index contributed by atoms with van der Waals surface area (Å²) in [7, 11) is 3.80. The van der Waals surface area contributed by atoms with Crippen molar-refractivity contribution < 1.29 is 9.90 Å². The van der Waals surface area contributed by atoms with Gasteiger partial charge in [0.25, 0.3) is 5.91 Å². The van der Waals surface area contributed by atoms with E-state index in [1.165, 1.54) is 5.56 Å². The summed E-state index contributed by atoms with van der Waals surface area (Å²) in [5.74, 6) is -0.104. The molecule has 0 aliphatic carbocycles. The summed E-state index contributed by atoms with van der Waals surface area (Å²) in [6, 6.07) is 5.83. The number of benzene rings is 1. The molecule has 21 heavy (non-hydrogen) atoms. The highest BCUT2D eigenvalue weighted by Crippen LogP contribution is 2.18. The van der Waals surface area contributed by atoms with Gasteiger partial charge in [0.1, 0.15) is 0 Å².